The number of nitrogens with zero attached hydrogens (tertiary/aromatic N) is 1. The average Bonchev–Trinajstić information content (AvgIpc) is 3.29. The van der Waals surface area contributed by atoms with Crippen LogP contribution in [0.25, 0.3) is 11.3 Å². The van der Waals surface area contributed by atoms with E-state index in [2.05, 4.69) is 15.5 Å². The molecule has 2 heterocycles. The van der Waals surface area contributed by atoms with Crippen LogP contribution in [-0.2, 0) is 0 Å². The molecular weight excluding hydrogens is 346 g/mol. The summed E-state index contributed by atoms with van der Waals surface area (Å²) < 4.78 is 16.1. The third kappa shape index (κ3) is 2.77. The first-order valence-electron chi connectivity index (χ1n) is 8.41. The van der Waals surface area contributed by atoms with Crippen molar-refractivity contribution in [1.82, 2.24) is 15.5 Å². The van der Waals surface area contributed by atoms with Crippen LogP contribution in [-0.4, -0.2) is 37.4 Å². The number of hydrogen-bond donors (Lipinski definition) is 2. The smallest absolute Gasteiger partial charge is 0.270 e. The van der Waals surface area contributed by atoms with Gasteiger partial charge in [0.1, 0.15) is 22.9 Å². The fourth-order valence-electron chi connectivity index (χ4n) is 3.35. The summed E-state index contributed by atoms with van der Waals surface area (Å²) in [5.74, 6) is 1.90. The van der Waals surface area contributed by atoms with Crippen LogP contribution in [0.2, 0.25) is 0 Å². The molecule has 4 rings (SSSR count). The highest BCUT2D eigenvalue weighted by atomic mass is 16.5. The molecule has 1 amide bonds. The van der Waals surface area contributed by atoms with Crippen molar-refractivity contribution in [2.45, 2.75) is 6.04 Å². The Hall–Kier alpha value is -3.48. The van der Waals surface area contributed by atoms with E-state index in [0.717, 1.165) is 22.4 Å². The molecule has 1 aliphatic rings. The van der Waals surface area contributed by atoms with Crippen molar-refractivity contribution < 1.29 is 19.0 Å². The second-order valence-electron chi connectivity index (χ2n) is 6.10. The number of ether oxygens (including phenoxy) is 3. The van der Waals surface area contributed by atoms with Crippen LogP contribution < -0.4 is 19.5 Å². The minimum absolute atomic E-state index is 0.202. The Kier molecular flexibility index (Phi) is 4.19. The van der Waals surface area contributed by atoms with E-state index in [-0.39, 0.29) is 5.91 Å². The summed E-state index contributed by atoms with van der Waals surface area (Å²) in [6, 6.07) is 12.7. The zero-order valence-electron chi connectivity index (χ0n) is 15.2. The summed E-state index contributed by atoms with van der Waals surface area (Å²) in [6.07, 6.45) is 0. The molecule has 27 heavy (non-hydrogen) atoms. The molecule has 1 unspecified atom stereocenters. The molecule has 0 saturated heterocycles. The molecule has 2 aromatic carbocycles. The van der Waals surface area contributed by atoms with Crippen molar-refractivity contribution in [1.29, 1.82) is 0 Å². The number of aromatic amines is 1. The molecule has 0 spiro atoms. The molecule has 0 aliphatic carbocycles. The molecule has 0 bridgehead atoms. The van der Waals surface area contributed by atoms with E-state index >= 15 is 0 Å². The highest BCUT2D eigenvalue weighted by Gasteiger charge is 2.37. The molecule has 3 aromatic rings. The second-order valence-corrected chi connectivity index (χ2v) is 6.10. The Bertz CT molecular complexity index is 995. The van der Waals surface area contributed by atoms with Crippen LogP contribution in [0, 0.1) is 0 Å². The Balaban J connectivity index is 1.84. The number of benzene rings is 2. The van der Waals surface area contributed by atoms with Crippen molar-refractivity contribution in [2.24, 2.45) is 0 Å². The predicted octanol–water partition coefficient (Wildman–Crippen LogP) is 2.94. The fourth-order valence-corrected chi connectivity index (χ4v) is 3.35. The minimum Gasteiger partial charge on any atom is -0.497 e. The van der Waals surface area contributed by atoms with Gasteiger partial charge in [-0.1, -0.05) is 0 Å². The van der Waals surface area contributed by atoms with Gasteiger partial charge in [-0.2, -0.15) is 5.10 Å². The normalized spacial score (nSPS) is 15.2. The maximum Gasteiger partial charge on any atom is 0.270 e. The first-order valence-corrected chi connectivity index (χ1v) is 8.41. The lowest BCUT2D eigenvalue weighted by Gasteiger charge is -2.17. The molecule has 0 fully saturated rings. The fraction of sp³-hybridized carbons (Fsp3) is 0.200. The van der Waals surface area contributed by atoms with Crippen molar-refractivity contribution in [2.75, 3.05) is 21.3 Å². The van der Waals surface area contributed by atoms with Crippen molar-refractivity contribution in [3.05, 3.63) is 59.3 Å². The zero-order valence-corrected chi connectivity index (χ0v) is 15.2. The first-order chi connectivity index (χ1) is 13.2. The monoisotopic (exact) mass is 365 g/mol. The molecule has 1 atom stereocenters. The summed E-state index contributed by atoms with van der Waals surface area (Å²) in [4.78, 5) is 12.5. The average molecular weight is 365 g/mol. The molecule has 0 radical (unpaired) electrons. The largest absolute Gasteiger partial charge is 0.497 e. The van der Waals surface area contributed by atoms with Crippen LogP contribution in [0.5, 0.6) is 17.2 Å². The number of hydrogen-bond acceptors (Lipinski definition) is 5. The van der Waals surface area contributed by atoms with Gasteiger partial charge >= 0.3 is 0 Å². The Morgan fingerprint density at radius 1 is 0.926 bits per heavy atom. The van der Waals surface area contributed by atoms with Crippen molar-refractivity contribution in [3.63, 3.8) is 0 Å². The van der Waals surface area contributed by atoms with E-state index in [1.807, 2.05) is 42.5 Å². The maximum absolute atomic E-state index is 12.5. The number of carbonyl (C=O) groups is 1. The van der Waals surface area contributed by atoms with Gasteiger partial charge in [-0.3, -0.25) is 9.89 Å². The van der Waals surface area contributed by atoms with E-state index in [1.54, 1.807) is 21.3 Å². The summed E-state index contributed by atoms with van der Waals surface area (Å²) >= 11 is 0. The van der Waals surface area contributed by atoms with E-state index in [0.29, 0.717) is 22.9 Å². The van der Waals surface area contributed by atoms with E-state index in [9.17, 15) is 4.79 Å². The Morgan fingerprint density at radius 2 is 1.63 bits per heavy atom. The minimum atomic E-state index is -0.395. The molecule has 0 saturated carbocycles. The van der Waals surface area contributed by atoms with Gasteiger partial charge < -0.3 is 19.5 Å². The lowest BCUT2D eigenvalue weighted by Crippen LogP contribution is -2.21. The highest BCUT2D eigenvalue weighted by molar-refractivity contribution is 6.00. The van der Waals surface area contributed by atoms with Crippen LogP contribution in [0.15, 0.2) is 42.5 Å². The predicted molar refractivity (Wildman–Crippen MR) is 99.4 cm³/mol. The van der Waals surface area contributed by atoms with Gasteiger partial charge in [0, 0.05) is 16.7 Å². The van der Waals surface area contributed by atoms with Crippen LogP contribution in [0.4, 0.5) is 0 Å². The molecule has 1 aromatic heterocycles. The third-order valence-corrected chi connectivity index (χ3v) is 4.71. The number of methoxy groups -OCH3 is 3. The number of nitrogens with one attached hydrogen (secondary N) is 2. The van der Waals surface area contributed by atoms with Gasteiger partial charge in [0.15, 0.2) is 0 Å². The van der Waals surface area contributed by atoms with Crippen molar-refractivity contribution >= 4 is 5.91 Å². The number of H-pyrrole nitrogens is 1. The number of fused-ring (bicyclic) bond motifs is 1. The number of rotatable bonds is 5. The zero-order chi connectivity index (χ0) is 19.0. The van der Waals surface area contributed by atoms with Gasteiger partial charge in [0.25, 0.3) is 5.91 Å². The van der Waals surface area contributed by atoms with Gasteiger partial charge in [0.05, 0.1) is 33.1 Å². The van der Waals surface area contributed by atoms with Gasteiger partial charge in [-0.05, 0) is 42.5 Å². The first kappa shape index (κ1) is 17.0. The van der Waals surface area contributed by atoms with E-state index in [4.69, 9.17) is 14.2 Å². The van der Waals surface area contributed by atoms with Crippen LogP contribution in [0.3, 0.4) is 0 Å². The van der Waals surface area contributed by atoms with E-state index in [1.165, 1.54) is 0 Å². The molecule has 7 heteroatoms. The molecule has 1 aliphatic heterocycles. The lowest BCUT2D eigenvalue weighted by atomic mass is 9.96. The summed E-state index contributed by atoms with van der Waals surface area (Å²) in [5, 5.41) is 10.3. The third-order valence-electron chi connectivity index (χ3n) is 4.71. The molecular formula is C20H19N3O4. The topological polar surface area (TPSA) is 85.5 Å². The molecule has 7 nitrogen and oxygen atoms in total. The van der Waals surface area contributed by atoms with Gasteiger partial charge in [-0.15, -0.1) is 0 Å². The standard InChI is InChI=1S/C20H19N3O4/c1-25-12-6-4-11(5-7-12)17-16-18(21-20(24)19(16)23-22-17)14-10-13(26-2)8-9-15(14)27-3/h4-10,18H,1-3H3,(H,21,24)(H,22,23). The molecule has 138 valence electrons. The number of carbonyl (C=O) groups excluding carboxylic acids is 1. The van der Waals surface area contributed by atoms with E-state index < -0.39 is 6.04 Å². The molecule has 2 N–H and O–H groups in total. The van der Waals surface area contributed by atoms with Crippen LogP contribution >= 0.6 is 0 Å². The second kappa shape index (κ2) is 6.68. The summed E-state index contributed by atoms with van der Waals surface area (Å²) in [5.41, 5.74) is 3.64. The lowest BCUT2D eigenvalue weighted by molar-refractivity contribution is 0.0955. The summed E-state index contributed by atoms with van der Waals surface area (Å²) in [7, 11) is 4.82. The maximum atomic E-state index is 12.5. The quantitative estimate of drug-likeness (QED) is 0.726. The van der Waals surface area contributed by atoms with Gasteiger partial charge in [-0.25, -0.2) is 0 Å². The Labute approximate surface area is 156 Å². The highest BCUT2D eigenvalue weighted by Crippen LogP contribution is 2.41. The van der Waals surface area contributed by atoms with Crippen molar-refractivity contribution in [3.8, 4) is 28.5 Å². The number of amides is 1. The number of aromatic nitrogens is 2. The Morgan fingerprint density at radius 3 is 2.30 bits per heavy atom. The SMILES string of the molecule is COc1ccc(-c2n[nH]c3c2C(c2cc(OC)ccc2OC)NC3=O)cc1. The van der Waals surface area contributed by atoms with Crippen LogP contribution in [0.1, 0.15) is 27.7 Å². The van der Waals surface area contributed by atoms with Gasteiger partial charge in [0.2, 0.25) is 0 Å². The summed E-state index contributed by atoms with van der Waals surface area (Å²) in [6.45, 7) is 0.